The molecular weight excluding hydrogens is 246 g/mol. The summed E-state index contributed by atoms with van der Waals surface area (Å²) in [4.78, 5) is 4.90. The zero-order valence-electron chi connectivity index (χ0n) is 11.2. The van der Waals surface area contributed by atoms with Gasteiger partial charge in [0, 0.05) is 49.5 Å². The van der Waals surface area contributed by atoms with Gasteiger partial charge in [0.05, 0.1) is 0 Å². The number of hydrogen-bond acceptors (Lipinski definition) is 3. The summed E-state index contributed by atoms with van der Waals surface area (Å²) in [6, 6.07) is 6.61. The predicted octanol–water partition coefficient (Wildman–Crippen LogP) is 2.12. The molecule has 1 aliphatic rings. The van der Waals surface area contributed by atoms with Crippen molar-refractivity contribution in [3.8, 4) is 0 Å². The molecule has 0 radical (unpaired) electrons. The lowest BCUT2D eigenvalue weighted by Gasteiger charge is -2.39. The third-order valence-corrected chi connectivity index (χ3v) is 4.01. The molecule has 0 aliphatic carbocycles. The van der Waals surface area contributed by atoms with Gasteiger partial charge in [0.2, 0.25) is 0 Å². The van der Waals surface area contributed by atoms with E-state index in [0.29, 0.717) is 6.04 Å². The fourth-order valence-corrected chi connectivity index (χ4v) is 2.75. The third-order valence-electron chi connectivity index (χ3n) is 3.78. The number of halogens is 1. The van der Waals surface area contributed by atoms with Crippen molar-refractivity contribution in [2.45, 2.75) is 19.9 Å². The molecule has 2 rings (SSSR count). The lowest BCUT2D eigenvalue weighted by molar-refractivity contribution is 0.201. The van der Waals surface area contributed by atoms with E-state index in [9.17, 15) is 0 Å². The van der Waals surface area contributed by atoms with Crippen LogP contribution in [0.2, 0.25) is 5.02 Å². The van der Waals surface area contributed by atoms with Gasteiger partial charge < -0.3 is 10.6 Å². The predicted molar refractivity (Wildman–Crippen MR) is 78.5 cm³/mol. The largest absolute Gasteiger partial charge is 0.369 e. The van der Waals surface area contributed by atoms with E-state index in [2.05, 4.69) is 29.7 Å². The van der Waals surface area contributed by atoms with Crippen LogP contribution in [0.4, 0.5) is 5.69 Å². The van der Waals surface area contributed by atoms with E-state index >= 15 is 0 Å². The van der Waals surface area contributed by atoms with E-state index in [1.807, 2.05) is 12.1 Å². The first-order valence-electron chi connectivity index (χ1n) is 6.57. The number of rotatable bonds is 3. The summed E-state index contributed by atoms with van der Waals surface area (Å²) in [5.74, 6) is 0. The minimum absolute atomic E-state index is 0.485. The number of aryl methyl sites for hydroxylation is 1. The van der Waals surface area contributed by atoms with Crippen molar-refractivity contribution in [2.24, 2.45) is 5.73 Å². The number of benzene rings is 1. The van der Waals surface area contributed by atoms with Gasteiger partial charge in [0.15, 0.2) is 0 Å². The maximum atomic E-state index is 6.00. The summed E-state index contributed by atoms with van der Waals surface area (Å²) in [7, 11) is 0. The number of hydrogen-bond donors (Lipinski definition) is 1. The number of nitrogens with zero attached hydrogens (tertiary/aromatic N) is 2. The van der Waals surface area contributed by atoms with Crippen molar-refractivity contribution < 1.29 is 0 Å². The average molecular weight is 268 g/mol. The minimum atomic E-state index is 0.485. The Kier molecular flexibility index (Phi) is 4.49. The zero-order valence-corrected chi connectivity index (χ0v) is 12.0. The van der Waals surface area contributed by atoms with Crippen molar-refractivity contribution in [3.63, 3.8) is 0 Å². The second kappa shape index (κ2) is 5.91. The summed E-state index contributed by atoms with van der Waals surface area (Å²) < 4.78 is 0. The van der Waals surface area contributed by atoms with E-state index in [1.165, 1.54) is 11.3 Å². The highest BCUT2D eigenvalue weighted by Gasteiger charge is 2.21. The average Bonchev–Trinajstić information content (AvgIpc) is 2.38. The van der Waals surface area contributed by atoms with E-state index in [-0.39, 0.29) is 0 Å². The standard InChI is InChI=1S/C14H22ClN3/c1-11-9-13(15)3-4-14(11)18-7-5-17(6-8-18)12(2)10-16/h3-4,9,12H,5-8,10,16H2,1-2H3. The first kappa shape index (κ1) is 13.7. The van der Waals surface area contributed by atoms with E-state index in [0.717, 1.165) is 37.7 Å². The van der Waals surface area contributed by atoms with Crippen LogP contribution in [-0.4, -0.2) is 43.7 Å². The number of anilines is 1. The summed E-state index contributed by atoms with van der Waals surface area (Å²) in [6.45, 7) is 9.35. The SMILES string of the molecule is Cc1cc(Cl)ccc1N1CCN(C(C)CN)CC1. The Bertz CT molecular complexity index is 400. The molecule has 1 aliphatic heterocycles. The fraction of sp³-hybridized carbons (Fsp3) is 0.571. The highest BCUT2D eigenvalue weighted by Crippen LogP contribution is 2.24. The Morgan fingerprint density at radius 1 is 1.28 bits per heavy atom. The summed E-state index contributed by atoms with van der Waals surface area (Å²) >= 11 is 6.00. The number of piperazine rings is 1. The van der Waals surface area contributed by atoms with Crippen LogP contribution in [0.15, 0.2) is 18.2 Å². The van der Waals surface area contributed by atoms with Crippen LogP contribution in [0.3, 0.4) is 0 Å². The van der Waals surface area contributed by atoms with Crippen molar-refractivity contribution in [1.29, 1.82) is 0 Å². The normalized spacial score (nSPS) is 19.0. The molecule has 1 aromatic carbocycles. The van der Waals surface area contributed by atoms with Crippen LogP contribution < -0.4 is 10.6 Å². The topological polar surface area (TPSA) is 32.5 Å². The van der Waals surface area contributed by atoms with Gasteiger partial charge in [-0.2, -0.15) is 0 Å². The van der Waals surface area contributed by atoms with E-state index in [1.54, 1.807) is 0 Å². The summed E-state index contributed by atoms with van der Waals surface area (Å²) in [5, 5.41) is 0.812. The van der Waals surface area contributed by atoms with Crippen molar-refractivity contribution in [2.75, 3.05) is 37.6 Å². The Morgan fingerprint density at radius 2 is 1.94 bits per heavy atom. The van der Waals surface area contributed by atoms with Gasteiger partial charge in [-0.05, 0) is 37.6 Å². The number of nitrogens with two attached hydrogens (primary N) is 1. The second-order valence-electron chi connectivity index (χ2n) is 5.04. The van der Waals surface area contributed by atoms with Crippen LogP contribution in [0.1, 0.15) is 12.5 Å². The molecular formula is C14H22ClN3. The van der Waals surface area contributed by atoms with E-state index in [4.69, 9.17) is 17.3 Å². The molecule has 4 heteroatoms. The molecule has 1 aromatic rings. The molecule has 2 N–H and O–H groups in total. The molecule has 1 heterocycles. The Balaban J connectivity index is 2.01. The summed E-state index contributed by atoms with van der Waals surface area (Å²) in [5.41, 5.74) is 8.28. The summed E-state index contributed by atoms with van der Waals surface area (Å²) in [6.07, 6.45) is 0. The molecule has 100 valence electrons. The molecule has 0 bridgehead atoms. The van der Waals surface area contributed by atoms with Crippen LogP contribution in [0.25, 0.3) is 0 Å². The molecule has 18 heavy (non-hydrogen) atoms. The second-order valence-corrected chi connectivity index (χ2v) is 5.47. The fourth-order valence-electron chi connectivity index (χ4n) is 2.53. The lowest BCUT2D eigenvalue weighted by Crippen LogP contribution is -2.51. The van der Waals surface area contributed by atoms with Gasteiger partial charge in [-0.3, -0.25) is 4.90 Å². The first-order chi connectivity index (χ1) is 8.61. The van der Waals surface area contributed by atoms with Gasteiger partial charge in [0.25, 0.3) is 0 Å². The highest BCUT2D eigenvalue weighted by atomic mass is 35.5. The van der Waals surface area contributed by atoms with Gasteiger partial charge in [0.1, 0.15) is 0 Å². The quantitative estimate of drug-likeness (QED) is 0.911. The Labute approximate surface area is 115 Å². The molecule has 1 unspecified atom stereocenters. The smallest absolute Gasteiger partial charge is 0.0410 e. The van der Waals surface area contributed by atoms with Crippen LogP contribution >= 0.6 is 11.6 Å². The molecule has 1 saturated heterocycles. The van der Waals surface area contributed by atoms with E-state index < -0.39 is 0 Å². The monoisotopic (exact) mass is 267 g/mol. The minimum Gasteiger partial charge on any atom is -0.369 e. The molecule has 0 aromatic heterocycles. The van der Waals surface area contributed by atoms with Crippen molar-refractivity contribution in [3.05, 3.63) is 28.8 Å². The van der Waals surface area contributed by atoms with Crippen LogP contribution in [0, 0.1) is 6.92 Å². The van der Waals surface area contributed by atoms with Crippen molar-refractivity contribution in [1.82, 2.24) is 4.90 Å². The highest BCUT2D eigenvalue weighted by molar-refractivity contribution is 6.30. The lowest BCUT2D eigenvalue weighted by atomic mass is 10.1. The molecule has 3 nitrogen and oxygen atoms in total. The molecule has 0 amide bonds. The van der Waals surface area contributed by atoms with Gasteiger partial charge in [-0.25, -0.2) is 0 Å². The molecule has 0 saturated carbocycles. The van der Waals surface area contributed by atoms with Crippen LogP contribution in [-0.2, 0) is 0 Å². The first-order valence-corrected chi connectivity index (χ1v) is 6.95. The molecule has 1 fully saturated rings. The Hall–Kier alpha value is -0.770. The maximum absolute atomic E-state index is 6.00. The third kappa shape index (κ3) is 2.97. The van der Waals surface area contributed by atoms with Crippen molar-refractivity contribution >= 4 is 17.3 Å². The maximum Gasteiger partial charge on any atom is 0.0410 e. The van der Waals surface area contributed by atoms with Gasteiger partial charge in [-0.1, -0.05) is 11.6 Å². The van der Waals surface area contributed by atoms with Gasteiger partial charge in [-0.15, -0.1) is 0 Å². The molecule has 1 atom stereocenters. The zero-order chi connectivity index (χ0) is 13.1. The van der Waals surface area contributed by atoms with Crippen LogP contribution in [0.5, 0.6) is 0 Å². The Morgan fingerprint density at radius 3 is 2.50 bits per heavy atom. The molecule has 0 spiro atoms. The van der Waals surface area contributed by atoms with Gasteiger partial charge >= 0.3 is 0 Å².